The monoisotopic (exact) mass is 371 g/mol. The largest absolute Gasteiger partial charge is 0.405 e. The number of alkyl halides is 3. The smallest absolute Gasteiger partial charge is 0.354 e. The minimum absolute atomic E-state index is 0. The number of hydrogen-bond donors (Lipinski definition) is 2. The van der Waals surface area contributed by atoms with Crippen molar-refractivity contribution in [3.8, 4) is 0 Å². The third-order valence-electron chi connectivity index (χ3n) is 3.88. The lowest BCUT2D eigenvalue weighted by Gasteiger charge is -2.36. The summed E-state index contributed by atoms with van der Waals surface area (Å²) in [5.41, 5.74) is 0.827. The van der Waals surface area contributed by atoms with Crippen LogP contribution in [0.2, 0.25) is 0 Å². The number of nitrogens with one attached hydrogen (secondary N) is 2. The van der Waals surface area contributed by atoms with E-state index in [-0.39, 0.29) is 18.3 Å². The molecular formula is C14H21ClF3N3OS. The zero-order valence-corrected chi connectivity index (χ0v) is 14.4. The maximum absolute atomic E-state index is 13.2. The SMILES string of the molecule is CC(C(=O)NCC(N1CCNCC1)C(F)(F)F)c1ccsc1.Cl. The lowest BCUT2D eigenvalue weighted by Crippen LogP contribution is -2.57. The van der Waals surface area contributed by atoms with Gasteiger partial charge < -0.3 is 10.6 Å². The van der Waals surface area contributed by atoms with Crippen LogP contribution in [0.4, 0.5) is 13.2 Å². The predicted molar refractivity (Wildman–Crippen MR) is 87.3 cm³/mol. The highest BCUT2D eigenvalue weighted by atomic mass is 35.5. The molecule has 1 aromatic rings. The molecule has 0 radical (unpaired) electrons. The van der Waals surface area contributed by atoms with Gasteiger partial charge in [0, 0.05) is 32.7 Å². The van der Waals surface area contributed by atoms with Gasteiger partial charge in [-0.15, -0.1) is 12.4 Å². The molecule has 0 bridgehead atoms. The highest BCUT2D eigenvalue weighted by Crippen LogP contribution is 2.25. The first-order valence-electron chi connectivity index (χ1n) is 7.21. The lowest BCUT2D eigenvalue weighted by molar-refractivity contribution is -0.184. The number of hydrogen-bond acceptors (Lipinski definition) is 4. The van der Waals surface area contributed by atoms with Crippen LogP contribution in [-0.4, -0.2) is 55.7 Å². The van der Waals surface area contributed by atoms with E-state index >= 15 is 0 Å². The molecule has 1 aliphatic heterocycles. The molecule has 1 aliphatic rings. The fourth-order valence-corrected chi connectivity index (χ4v) is 3.22. The molecule has 0 saturated carbocycles. The second kappa shape index (κ2) is 8.86. The number of nitrogens with zero attached hydrogens (tertiary/aromatic N) is 1. The van der Waals surface area contributed by atoms with Crippen LogP contribution in [-0.2, 0) is 4.79 Å². The average Bonchev–Trinajstić information content (AvgIpc) is 3.00. The van der Waals surface area contributed by atoms with Gasteiger partial charge in [0.2, 0.25) is 5.91 Å². The summed E-state index contributed by atoms with van der Waals surface area (Å²) in [7, 11) is 0. The molecule has 4 nitrogen and oxygen atoms in total. The lowest BCUT2D eigenvalue weighted by atomic mass is 10.0. The summed E-state index contributed by atoms with van der Waals surface area (Å²) >= 11 is 1.46. The van der Waals surface area contributed by atoms with Gasteiger partial charge in [0.05, 0.1) is 5.92 Å². The van der Waals surface area contributed by atoms with Crippen LogP contribution in [0, 0.1) is 0 Å². The topological polar surface area (TPSA) is 44.4 Å². The maximum Gasteiger partial charge on any atom is 0.405 e. The van der Waals surface area contributed by atoms with E-state index in [2.05, 4.69) is 10.6 Å². The molecule has 1 aromatic heterocycles. The second-order valence-corrected chi connectivity index (χ2v) is 6.15. The number of amides is 1. The van der Waals surface area contributed by atoms with E-state index in [4.69, 9.17) is 0 Å². The van der Waals surface area contributed by atoms with Gasteiger partial charge in [0.1, 0.15) is 6.04 Å². The molecule has 2 rings (SSSR count). The molecule has 1 amide bonds. The molecule has 2 unspecified atom stereocenters. The van der Waals surface area contributed by atoms with Crippen LogP contribution < -0.4 is 10.6 Å². The molecule has 1 fully saturated rings. The van der Waals surface area contributed by atoms with Gasteiger partial charge in [-0.2, -0.15) is 24.5 Å². The Hall–Kier alpha value is -0.830. The first-order chi connectivity index (χ1) is 10.4. The average molecular weight is 372 g/mol. The first kappa shape index (κ1) is 20.2. The van der Waals surface area contributed by atoms with E-state index < -0.39 is 24.7 Å². The zero-order valence-electron chi connectivity index (χ0n) is 12.7. The molecule has 23 heavy (non-hydrogen) atoms. The van der Waals surface area contributed by atoms with Crippen LogP contribution in [0.3, 0.4) is 0 Å². The minimum atomic E-state index is -4.35. The second-order valence-electron chi connectivity index (χ2n) is 5.37. The number of carbonyl (C=O) groups is 1. The quantitative estimate of drug-likeness (QED) is 0.834. The molecule has 9 heteroatoms. The van der Waals surface area contributed by atoms with Crippen molar-refractivity contribution < 1.29 is 18.0 Å². The van der Waals surface area contributed by atoms with Crippen molar-refractivity contribution in [3.63, 3.8) is 0 Å². The van der Waals surface area contributed by atoms with E-state index in [1.165, 1.54) is 16.2 Å². The van der Waals surface area contributed by atoms with Gasteiger partial charge in [-0.25, -0.2) is 0 Å². The van der Waals surface area contributed by atoms with E-state index in [0.717, 1.165) is 5.56 Å². The molecule has 2 N–H and O–H groups in total. The Balaban J connectivity index is 0.00000264. The van der Waals surface area contributed by atoms with Crippen LogP contribution in [0.1, 0.15) is 18.4 Å². The van der Waals surface area contributed by atoms with Gasteiger partial charge in [-0.1, -0.05) is 0 Å². The molecule has 2 heterocycles. The Morgan fingerprint density at radius 3 is 2.61 bits per heavy atom. The van der Waals surface area contributed by atoms with Crippen LogP contribution in [0.5, 0.6) is 0 Å². The third-order valence-corrected chi connectivity index (χ3v) is 4.58. The number of carbonyl (C=O) groups excluding carboxylic acids is 1. The Morgan fingerprint density at radius 2 is 2.09 bits per heavy atom. The Kier molecular flexibility index (Phi) is 7.79. The molecule has 2 atom stereocenters. The Bertz CT molecular complexity index is 478. The van der Waals surface area contributed by atoms with E-state index in [0.29, 0.717) is 26.2 Å². The van der Waals surface area contributed by atoms with Crippen molar-refractivity contribution >= 4 is 29.7 Å². The molecular weight excluding hydrogens is 351 g/mol. The zero-order chi connectivity index (χ0) is 16.2. The third kappa shape index (κ3) is 5.63. The molecule has 1 saturated heterocycles. The van der Waals surface area contributed by atoms with Gasteiger partial charge in [0.15, 0.2) is 0 Å². The summed E-state index contributed by atoms with van der Waals surface area (Å²) in [4.78, 5) is 13.4. The summed E-state index contributed by atoms with van der Waals surface area (Å²) < 4.78 is 39.7. The van der Waals surface area contributed by atoms with Gasteiger partial charge in [-0.05, 0) is 29.3 Å². The molecule has 132 valence electrons. The van der Waals surface area contributed by atoms with E-state index in [1.807, 2.05) is 16.8 Å². The number of piperazine rings is 1. The van der Waals surface area contributed by atoms with Gasteiger partial charge in [-0.3, -0.25) is 9.69 Å². The van der Waals surface area contributed by atoms with Crippen LogP contribution >= 0.6 is 23.7 Å². The van der Waals surface area contributed by atoms with Crippen LogP contribution in [0.25, 0.3) is 0 Å². The van der Waals surface area contributed by atoms with Crippen molar-refractivity contribution in [3.05, 3.63) is 22.4 Å². The van der Waals surface area contributed by atoms with Crippen molar-refractivity contribution in [1.82, 2.24) is 15.5 Å². The summed E-state index contributed by atoms with van der Waals surface area (Å²) in [6, 6.07) is 0.181. The Labute approximate surface area is 143 Å². The van der Waals surface area contributed by atoms with E-state index in [1.54, 1.807) is 6.92 Å². The van der Waals surface area contributed by atoms with Crippen LogP contribution in [0.15, 0.2) is 16.8 Å². The first-order valence-corrected chi connectivity index (χ1v) is 8.15. The van der Waals surface area contributed by atoms with Crippen molar-refractivity contribution in [2.45, 2.75) is 25.1 Å². The number of halogens is 4. The standard InChI is InChI=1S/C14H20F3N3OS.ClH/c1-10(11-2-7-22-9-11)13(21)19-8-12(14(15,16)17)20-5-3-18-4-6-20;/h2,7,9-10,12,18H,3-6,8H2,1H3,(H,19,21);1H. The fourth-order valence-electron chi connectivity index (χ4n) is 2.47. The van der Waals surface area contributed by atoms with E-state index in [9.17, 15) is 18.0 Å². The minimum Gasteiger partial charge on any atom is -0.354 e. The molecule has 0 spiro atoms. The summed E-state index contributed by atoms with van der Waals surface area (Å²) in [6.45, 7) is 3.03. The summed E-state index contributed by atoms with van der Waals surface area (Å²) in [5.74, 6) is -0.814. The summed E-state index contributed by atoms with van der Waals surface area (Å²) in [6.07, 6.45) is -4.35. The molecule has 0 aliphatic carbocycles. The highest BCUT2D eigenvalue weighted by Gasteiger charge is 2.43. The van der Waals surface area contributed by atoms with Gasteiger partial charge in [0.25, 0.3) is 0 Å². The van der Waals surface area contributed by atoms with Crippen molar-refractivity contribution in [1.29, 1.82) is 0 Å². The van der Waals surface area contributed by atoms with Crippen molar-refractivity contribution in [2.24, 2.45) is 0 Å². The highest BCUT2D eigenvalue weighted by molar-refractivity contribution is 7.08. The predicted octanol–water partition coefficient (Wildman–Crippen LogP) is 2.23. The fraction of sp³-hybridized carbons (Fsp3) is 0.643. The maximum atomic E-state index is 13.2. The summed E-state index contributed by atoms with van der Waals surface area (Å²) in [5, 5.41) is 9.17. The Morgan fingerprint density at radius 1 is 1.43 bits per heavy atom. The molecule has 0 aromatic carbocycles. The number of thiophene rings is 1. The van der Waals surface area contributed by atoms with Gasteiger partial charge >= 0.3 is 6.18 Å². The normalized spacial score (nSPS) is 18.8. The number of rotatable bonds is 5. The van der Waals surface area contributed by atoms with Crippen molar-refractivity contribution in [2.75, 3.05) is 32.7 Å².